The van der Waals surface area contributed by atoms with Crippen LogP contribution in [-0.4, -0.2) is 53.6 Å². The number of Topliss-reactive ketones (excluding diaryl/α,β-unsaturated/α-hetero) is 1. The summed E-state index contributed by atoms with van der Waals surface area (Å²) in [5.74, 6) is -2.99. The normalized spacial score (nSPS) is 11.5. The molecule has 0 unspecified atom stereocenters. The molecule has 12 heteroatoms. The molecule has 200 valence electrons. The number of nitrogens with zero attached hydrogens (tertiary/aromatic N) is 1. The van der Waals surface area contributed by atoms with Crippen molar-refractivity contribution in [3.8, 4) is 0 Å². The molecule has 0 aliphatic rings. The van der Waals surface area contributed by atoms with Gasteiger partial charge in [0, 0.05) is 26.2 Å². The number of hydrogen-bond acceptors (Lipinski definition) is 7. The fourth-order valence-corrected chi connectivity index (χ4v) is 3.45. The van der Waals surface area contributed by atoms with E-state index in [1.165, 1.54) is 44.0 Å². The van der Waals surface area contributed by atoms with Crippen LogP contribution in [0.2, 0.25) is 0 Å². The van der Waals surface area contributed by atoms with Crippen LogP contribution in [-0.2, 0) is 25.7 Å². The molecule has 0 saturated carbocycles. The molecule has 0 aromatic carbocycles. The summed E-state index contributed by atoms with van der Waals surface area (Å²) in [7, 11) is 1.30. The Morgan fingerprint density at radius 1 is 1.08 bits per heavy atom. The van der Waals surface area contributed by atoms with Crippen LogP contribution in [0, 0.1) is 5.92 Å². The number of rotatable bonds is 14. The lowest BCUT2D eigenvalue weighted by molar-refractivity contribution is -0.137. The molecule has 0 radical (unpaired) electrons. The van der Waals surface area contributed by atoms with Crippen LogP contribution in [0.3, 0.4) is 0 Å². The van der Waals surface area contributed by atoms with Gasteiger partial charge in [0.25, 0.3) is 17.4 Å². The molecular weight excluding hydrogens is 482 g/mol. The van der Waals surface area contributed by atoms with Crippen LogP contribution in [0.4, 0.5) is 5.69 Å². The number of ketones is 1. The number of carbonyl (C=O) groups excluding carboxylic acids is 5. The number of likely N-dealkylation sites (N-methyl/N-ethyl adjacent to an activating group) is 1. The summed E-state index contributed by atoms with van der Waals surface area (Å²) in [6, 6.07) is 3.01. The Hall–Kier alpha value is -4.22. The zero-order valence-electron chi connectivity index (χ0n) is 21.2. The Kier molecular flexibility index (Phi) is 11.3. The average molecular weight is 516 g/mol. The van der Waals surface area contributed by atoms with Crippen molar-refractivity contribution in [3.05, 3.63) is 52.8 Å². The van der Waals surface area contributed by atoms with Crippen LogP contribution < -0.4 is 26.8 Å². The fraction of sp³-hybridized carbons (Fsp3) is 0.440. The van der Waals surface area contributed by atoms with Crippen LogP contribution in [0.1, 0.15) is 49.9 Å². The maximum Gasteiger partial charge on any atom is 0.287 e. The second-order valence-corrected chi connectivity index (χ2v) is 8.41. The first-order valence-electron chi connectivity index (χ1n) is 12.0. The van der Waals surface area contributed by atoms with Crippen molar-refractivity contribution < 1.29 is 28.4 Å². The molecule has 2 heterocycles. The van der Waals surface area contributed by atoms with Gasteiger partial charge in [-0.05, 0) is 30.5 Å². The minimum Gasteiger partial charge on any atom is -0.472 e. The third-order valence-corrected chi connectivity index (χ3v) is 5.88. The Balaban J connectivity index is 2.13. The van der Waals surface area contributed by atoms with E-state index in [1.807, 2.05) is 13.8 Å². The van der Waals surface area contributed by atoms with Gasteiger partial charge in [0.2, 0.25) is 17.6 Å². The van der Waals surface area contributed by atoms with Gasteiger partial charge in [-0.1, -0.05) is 26.7 Å². The van der Waals surface area contributed by atoms with E-state index in [1.54, 1.807) is 0 Å². The van der Waals surface area contributed by atoms with E-state index < -0.39 is 35.1 Å². The van der Waals surface area contributed by atoms with Crippen molar-refractivity contribution in [2.24, 2.45) is 5.92 Å². The Labute approximate surface area is 214 Å². The van der Waals surface area contributed by atoms with Crippen LogP contribution in [0.15, 0.2) is 46.1 Å². The van der Waals surface area contributed by atoms with Crippen molar-refractivity contribution in [2.45, 2.75) is 52.1 Å². The highest BCUT2D eigenvalue weighted by Gasteiger charge is 2.25. The van der Waals surface area contributed by atoms with E-state index in [4.69, 9.17) is 4.42 Å². The predicted molar refractivity (Wildman–Crippen MR) is 135 cm³/mol. The van der Waals surface area contributed by atoms with Crippen molar-refractivity contribution in [3.63, 3.8) is 0 Å². The monoisotopic (exact) mass is 515 g/mol. The summed E-state index contributed by atoms with van der Waals surface area (Å²) >= 11 is 0. The van der Waals surface area contributed by atoms with Gasteiger partial charge in [0.05, 0.1) is 11.8 Å². The summed E-state index contributed by atoms with van der Waals surface area (Å²) in [6.45, 7) is 4.35. The molecule has 2 rings (SSSR count). The van der Waals surface area contributed by atoms with E-state index in [2.05, 4.69) is 21.3 Å². The first-order chi connectivity index (χ1) is 17.7. The number of anilines is 1. The number of furan rings is 1. The molecular formula is C25H33N5O7. The standard InChI is InChI=1S/C25H33N5O7/c1-4-16(5-2)13-27-21(32)14-30-11-6-7-19(25(30)36)29-23(34)18(8-9-20(31)24(35)26-3)28-22(33)17-10-12-37-15-17/h6-7,10-12,15-16,18H,4-5,8-9,13-14H2,1-3H3,(H,26,35)(H,27,32)(H,28,33)(H,29,34)/t18-/m0/s1. The molecule has 37 heavy (non-hydrogen) atoms. The molecule has 1 atom stereocenters. The van der Waals surface area contributed by atoms with Crippen molar-refractivity contribution in [1.29, 1.82) is 0 Å². The summed E-state index contributed by atoms with van der Waals surface area (Å²) in [4.78, 5) is 74.2. The predicted octanol–water partition coefficient (Wildman–Crippen LogP) is 0.826. The Bertz CT molecular complexity index is 1150. The average Bonchev–Trinajstić information content (AvgIpc) is 3.44. The number of aromatic nitrogens is 1. The molecule has 0 saturated heterocycles. The first kappa shape index (κ1) is 29.0. The minimum absolute atomic E-state index is 0.111. The molecule has 0 fully saturated rings. The SMILES string of the molecule is CCC(CC)CNC(=O)Cn1cccc(NC(=O)[C@H](CCC(=O)C(=O)NC)NC(=O)c2ccoc2)c1=O. The van der Waals surface area contributed by atoms with Crippen molar-refractivity contribution in [1.82, 2.24) is 20.5 Å². The molecule has 4 N–H and O–H groups in total. The maximum absolute atomic E-state index is 13.0. The molecule has 12 nitrogen and oxygen atoms in total. The van der Waals surface area contributed by atoms with Gasteiger partial charge in [-0.2, -0.15) is 0 Å². The number of pyridine rings is 1. The second-order valence-electron chi connectivity index (χ2n) is 8.41. The quantitative estimate of drug-likeness (QED) is 0.270. The zero-order valence-corrected chi connectivity index (χ0v) is 21.2. The number of carbonyl (C=O) groups is 5. The van der Waals surface area contributed by atoms with E-state index in [0.717, 1.165) is 17.4 Å². The van der Waals surface area contributed by atoms with E-state index in [-0.39, 0.29) is 36.5 Å². The maximum atomic E-state index is 13.0. The van der Waals surface area contributed by atoms with Crippen LogP contribution in [0.25, 0.3) is 0 Å². The summed E-state index contributed by atoms with van der Waals surface area (Å²) in [5, 5.41) is 9.96. The molecule has 2 aromatic rings. The lowest BCUT2D eigenvalue weighted by atomic mass is 10.0. The van der Waals surface area contributed by atoms with Crippen LogP contribution >= 0.6 is 0 Å². The Morgan fingerprint density at radius 2 is 1.81 bits per heavy atom. The highest BCUT2D eigenvalue weighted by Crippen LogP contribution is 2.08. The van der Waals surface area contributed by atoms with Gasteiger partial charge in [-0.25, -0.2) is 0 Å². The molecule has 0 bridgehead atoms. The van der Waals surface area contributed by atoms with E-state index >= 15 is 0 Å². The van der Waals surface area contributed by atoms with Gasteiger partial charge in [0.15, 0.2) is 0 Å². The van der Waals surface area contributed by atoms with Gasteiger partial charge in [-0.3, -0.25) is 28.8 Å². The number of amides is 4. The largest absolute Gasteiger partial charge is 0.472 e. The van der Waals surface area contributed by atoms with Gasteiger partial charge in [0.1, 0.15) is 24.5 Å². The highest BCUT2D eigenvalue weighted by molar-refractivity contribution is 6.36. The second kappa shape index (κ2) is 14.4. The van der Waals surface area contributed by atoms with Gasteiger partial charge < -0.3 is 30.3 Å². The van der Waals surface area contributed by atoms with Gasteiger partial charge in [-0.15, -0.1) is 0 Å². The summed E-state index contributed by atoms with van der Waals surface area (Å²) in [5.41, 5.74) is -0.577. The summed E-state index contributed by atoms with van der Waals surface area (Å²) in [6.07, 6.45) is 5.22. The molecule has 0 aliphatic carbocycles. The highest BCUT2D eigenvalue weighted by atomic mass is 16.3. The van der Waals surface area contributed by atoms with Crippen molar-refractivity contribution in [2.75, 3.05) is 18.9 Å². The third-order valence-electron chi connectivity index (χ3n) is 5.88. The molecule has 0 aliphatic heterocycles. The fourth-order valence-electron chi connectivity index (χ4n) is 3.45. The number of nitrogens with one attached hydrogen (secondary N) is 4. The Morgan fingerprint density at radius 3 is 2.43 bits per heavy atom. The lowest BCUT2D eigenvalue weighted by Gasteiger charge is -2.18. The van der Waals surface area contributed by atoms with Crippen LogP contribution in [0.5, 0.6) is 0 Å². The topological polar surface area (TPSA) is 169 Å². The van der Waals surface area contributed by atoms with E-state index in [0.29, 0.717) is 12.5 Å². The molecule has 4 amide bonds. The third kappa shape index (κ3) is 8.74. The smallest absolute Gasteiger partial charge is 0.287 e. The first-order valence-corrected chi connectivity index (χ1v) is 12.0. The zero-order chi connectivity index (χ0) is 27.4. The summed E-state index contributed by atoms with van der Waals surface area (Å²) < 4.78 is 6.03. The van der Waals surface area contributed by atoms with E-state index in [9.17, 15) is 28.8 Å². The lowest BCUT2D eigenvalue weighted by Crippen LogP contribution is -2.45. The molecule has 2 aromatic heterocycles. The van der Waals surface area contributed by atoms with Crippen molar-refractivity contribution >= 4 is 35.1 Å². The van der Waals surface area contributed by atoms with Gasteiger partial charge >= 0.3 is 0 Å². The number of hydrogen-bond donors (Lipinski definition) is 4. The minimum atomic E-state index is -1.24. The molecule has 0 spiro atoms.